The quantitative estimate of drug-likeness (QED) is 0.636. The number of hydrogen-bond acceptors (Lipinski definition) is 0. The Balaban J connectivity index is 2.17. The van der Waals surface area contributed by atoms with Crippen molar-refractivity contribution in [1.82, 2.24) is 0 Å². The van der Waals surface area contributed by atoms with E-state index in [1.54, 1.807) is 0 Å². The second-order valence-corrected chi connectivity index (χ2v) is 4.89. The summed E-state index contributed by atoms with van der Waals surface area (Å²) in [5.41, 5.74) is 4.76. The molecule has 2 aromatic rings. The number of hydrogen-bond donors (Lipinski definition) is 0. The summed E-state index contributed by atoms with van der Waals surface area (Å²) in [5, 5.41) is 0. The van der Waals surface area contributed by atoms with E-state index < -0.39 is 0 Å². The molecule has 0 amide bonds. The van der Waals surface area contributed by atoms with Crippen LogP contribution in [-0.4, -0.2) is 0 Å². The Labute approximate surface area is 110 Å². The highest BCUT2D eigenvalue weighted by Gasteiger charge is 1.97. The van der Waals surface area contributed by atoms with Crippen LogP contribution < -0.4 is 0 Å². The molecule has 0 aliphatic carbocycles. The lowest BCUT2D eigenvalue weighted by Crippen LogP contribution is -1.86. The van der Waals surface area contributed by atoms with Crippen molar-refractivity contribution in [3.8, 4) is 11.8 Å². The van der Waals surface area contributed by atoms with Gasteiger partial charge in [-0.1, -0.05) is 55.5 Å². The minimum absolute atomic E-state index is 0.573. The largest absolute Gasteiger partial charge is 0.0617 e. The van der Waals surface area contributed by atoms with Crippen molar-refractivity contribution in [3.05, 3.63) is 70.8 Å². The van der Waals surface area contributed by atoms with Crippen LogP contribution in [-0.2, 0) is 0 Å². The SMILES string of the molecule is Cc1ccc(C#Cc2ccc(C(C)C)cc2)cc1. The molecule has 0 aliphatic heterocycles. The molecule has 0 saturated heterocycles. The average molecular weight is 234 g/mol. The van der Waals surface area contributed by atoms with Crippen LogP contribution in [0, 0.1) is 18.8 Å². The van der Waals surface area contributed by atoms with Crippen molar-refractivity contribution in [2.24, 2.45) is 0 Å². The van der Waals surface area contributed by atoms with Crippen molar-refractivity contribution in [2.75, 3.05) is 0 Å². The zero-order valence-electron chi connectivity index (χ0n) is 11.2. The van der Waals surface area contributed by atoms with Crippen LogP contribution in [0.2, 0.25) is 0 Å². The van der Waals surface area contributed by atoms with Gasteiger partial charge in [0.25, 0.3) is 0 Å². The van der Waals surface area contributed by atoms with Gasteiger partial charge in [-0.3, -0.25) is 0 Å². The second kappa shape index (κ2) is 5.56. The fraction of sp³-hybridized carbons (Fsp3) is 0.222. The predicted octanol–water partition coefficient (Wildman–Crippen LogP) is 4.52. The molecule has 0 atom stereocenters. The highest BCUT2D eigenvalue weighted by Crippen LogP contribution is 2.14. The van der Waals surface area contributed by atoms with Crippen LogP contribution in [0.1, 0.15) is 42.0 Å². The highest BCUT2D eigenvalue weighted by molar-refractivity contribution is 5.44. The maximum atomic E-state index is 3.20. The summed E-state index contributed by atoms with van der Waals surface area (Å²) < 4.78 is 0. The smallest absolute Gasteiger partial charge is 0.0249 e. The first-order valence-electron chi connectivity index (χ1n) is 6.34. The van der Waals surface area contributed by atoms with Crippen LogP contribution in [0.15, 0.2) is 48.5 Å². The van der Waals surface area contributed by atoms with E-state index >= 15 is 0 Å². The monoisotopic (exact) mass is 234 g/mol. The van der Waals surface area contributed by atoms with Crippen molar-refractivity contribution in [2.45, 2.75) is 26.7 Å². The first kappa shape index (κ1) is 12.5. The van der Waals surface area contributed by atoms with E-state index in [0.717, 1.165) is 11.1 Å². The summed E-state index contributed by atoms with van der Waals surface area (Å²) in [6, 6.07) is 16.8. The van der Waals surface area contributed by atoms with Crippen molar-refractivity contribution >= 4 is 0 Å². The minimum Gasteiger partial charge on any atom is -0.0617 e. The Morgan fingerprint density at radius 1 is 0.722 bits per heavy atom. The zero-order chi connectivity index (χ0) is 13.0. The Hall–Kier alpha value is -2.00. The van der Waals surface area contributed by atoms with Gasteiger partial charge in [-0.15, -0.1) is 0 Å². The molecule has 0 aromatic heterocycles. The number of benzene rings is 2. The Morgan fingerprint density at radius 3 is 1.61 bits per heavy atom. The normalized spacial score (nSPS) is 10.0. The van der Waals surface area contributed by atoms with E-state index in [0.29, 0.717) is 5.92 Å². The predicted molar refractivity (Wildman–Crippen MR) is 77.7 cm³/mol. The lowest BCUT2D eigenvalue weighted by atomic mass is 10.0. The topological polar surface area (TPSA) is 0 Å². The maximum absolute atomic E-state index is 3.20. The van der Waals surface area contributed by atoms with Crippen molar-refractivity contribution < 1.29 is 0 Å². The first-order valence-corrected chi connectivity index (χ1v) is 6.34. The van der Waals surface area contributed by atoms with E-state index in [1.807, 2.05) is 0 Å². The van der Waals surface area contributed by atoms with Crippen molar-refractivity contribution in [3.63, 3.8) is 0 Å². The second-order valence-electron chi connectivity index (χ2n) is 4.89. The molecule has 0 fully saturated rings. The molecule has 0 nitrogen and oxygen atoms in total. The molecule has 0 radical (unpaired) electrons. The summed E-state index contributed by atoms with van der Waals surface area (Å²) in [7, 11) is 0. The molecule has 0 heteroatoms. The van der Waals surface area contributed by atoms with Gasteiger partial charge < -0.3 is 0 Å². The summed E-state index contributed by atoms with van der Waals surface area (Å²) in [6.07, 6.45) is 0. The molecule has 18 heavy (non-hydrogen) atoms. The third kappa shape index (κ3) is 3.25. The summed E-state index contributed by atoms with van der Waals surface area (Å²) >= 11 is 0. The lowest BCUT2D eigenvalue weighted by Gasteiger charge is -2.03. The molecule has 0 bridgehead atoms. The molecule has 0 aliphatic rings. The van der Waals surface area contributed by atoms with Crippen LogP contribution >= 0.6 is 0 Å². The Morgan fingerprint density at radius 2 is 1.17 bits per heavy atom. The summed E-state index contributed by atoms with van der Waals surface area (Å²) in [6.45, 7) is 6.49. The van der Waals surface area contributed by atoms with Gasteiger partial charge in [-0.2, -0.15) is 0 Å². The van der Waals surface area contributed by atoms with Gasteiger partial charge in [-0.05, 0) is 42.7 Å². The molecule has 2 aromatic carbocycles. The summed E-state index contributed by atoms with van der Waals surface area (Å²) in [5.74, 6) is 6.96. The van der Waals surface area contributed by atoms with Crippen LogP contribution in [0.3, 0.4) is 0 Å². The van der Waals surface area contributed by atoms with Crippen LogP contribution in [0.25, 0.3) is 0 Å². The van der Waals surface area contributed by atoms with Crippen LogP contribution in [0.5, 0.6) is 0 Å². The van der Waals surface area contributed by atoms with E-state index in [9.17, 15) is 0 Å². The molecule has 0 spiro atoms. The molecule has 0 saturated carbocycles. The van der Waals surface area contributed by atoms with Gasteiger partial charge in [-0.25, -0.2) is 0 Å². The fourth-order valence-corrected chi connectivity index (χ4v) is 1.73. The Kier molecular flexibility index (Phi) is 3.85. The molecule has 0 N–H and O–H groups in total. The number of aryl methyl sites for hydroxylation is 1. The molecular formula is C18H18. The first-order chi connectivity index (χ1) is 8.65. The zero-order valence-corrected chi connectivity index (χ0v) is 11.2. The highest BCUT2D eigenvalue weighted by atomic mass is 14.0. The minimum atomic E-state index is 0.573. The Bertz CT molecular complexity index is 560. The third-order valence-electron chi connectivity index (χ3n) is 2.98. The molecule has 0 heterocycles. The van der Waals surface area contributed by atoms with E-state index in [2.05, 4.69) is 81.1 Å². The molecule has 90 valence electrons. The van der Waals surface area contributed by atoms with Crippen LogP contribution in [0.4, 0.5) is 0 Å². The fourth-order valence-electron chi connectivity index (χ4n) is 1.73. The number of rotatable bonds is 1. The van der Waals surface area contributed by atoms with Crippen molar-refractivity contribution in [1.29, 1.82) is 0 Å². The third-order valence-corrected chi connectivity index (χ3v) is 2.98. The van der Waals surface area contributed by atoms with E-state index in [1.165, 1.54) is 11.1 Å². The average Bonchev–Trinajstić information content (AvgIpc) is 2.38. The van der Waals surface area contributed by atoms with Gasteiger partial charge in [0.05, 0.1) is 0 Å². The maximum Gasteiger partial charge on any atom is 0.0249 e. The van der Waals surface area contributed by atoms with Gasteiger partial charge in [0.15, 0.2) is 0 Å². The van der Waals surface area contributed by atoms with E-state index in [-0.39, 0.29) is 0 Å². The van der Waals surface area contributed by atoms with Gasteiger partial charge in [0, 0.05) is 11.1 Å². The molecule has 2 rings (SSSR count). The van der Waals surface area contributed by atoms with Gasteiger partial charge in [0.2, 0.25) is 0 Å². The van der Waals surface area contributed by atoms with E-state index in [4.69, 9.17) is 0 Å². The lowest BCUT2D eigenvalue weighted by molar-refractivity contribution is 0.866. The standard InChI is InChI=1S/C18H18/c1-14(2)18-12-10-17(11-13-18)9-8-16-6-4-15(3)5-7-16/h4-7,10-14H,1-3H3. The van der Waals surface area contributed by atoms with Gasteiger partial charge in [0.1, 0.15) is 0 Å². The summed E-state index contributed by atoms with van der Waals surface area (Å²) in [4.78, 5) is 0. The molecular weight excluding hydrogens is 216 g/mol. The molecule has 0 unspecified atom stereocenters. The van der Waals surface area contributed by atoms with Gasteiger partial charge >= 0.3 is 0 Å².